The normalized spacial score (nSPS) is 17.6. The van der Waals surface area contributed by atoms with Crippen molar-refractivity contribution in [1.82, 2.24) is 5.32 Å². The summed E-state index contributed by atoms with van der Waals surface area (Å²) in [6.07, 6.45) is 3.15. The molecule has 1 aromatic heterocycles. The lowest BCUT2D eigenvalue weighted by Gasteiger charge is -2.38. The molecule has 1 aliphatic carbocycles. The molecule has 1 aliphatic rings. The van der Waals surface area contributed by atoms with Crippen LogP contribution in [-0.4, -0.2) is 25.1 Å². The molecule has 0 aromatic carbocycles. The van der Waals surface area contributed by atoms with E-state index in [0.717, 1.165) is 19.3 Å². The molecule has 88 valence electrons. The van der Waals surface area contributed by atoms with Gasteiger partial charge in [-0.15, -0.1) is 11.3 Å². The molecular formula is C11H16N2O2S. The Morgan fingerprint density at radius 1 is 1.69 bits per heavy atom. The van der Waals surface area contributed by atoms with Crippen LogP contribution in [0.15, 0.2) is 11.4 Å². The van der Waals surface area contributed by atoms with Crippen molar-refractivity contribution in [3.8, 4) is 5.75 Å². The molecule has 0 radical (unpaired) electrons. The van der Waals surface area contributed by atoms with Crippen molar-refractivity contribution in [1.29, 1.82) is 0 Å². The Labute approximate surface area is 98.8 Å². The van der Waals surface area contributed by atoms with E-state index in [4.69, 9.17) is 10.5 Å². The average molecular weight is 240 g/mol. The van der Waals surface area contributed by atoms with E-state index in [-0.39, 0.29) is 11.4 Å². The average Bonchev–Trinajstić information content (AvgIpc) is 2.71. The largest absolute Gasteiger partial charge is 0.495 e. The summed E-state index contributed by atoms with van der Waals surface area (Å²) in [6.45, 7) is 0.548. The molecule has 1 saturated carbocycles. The third-order valence-electron chi connectivity index (χ3n) is 3.01. The van der Waals surface area contributed by atoms with Gasteiger partial charge in [0.2, 0.25) is 0 Å². The van der Waals surface area contributed by atoms with E-state index < -0.39 is 0 Å². The second-order valence-electron chi connectivity index (χ2n) is 4.22. The van der Waals surface area contributed by atoms with E-state index in [0.29, 0.717) is 17.2 Å². The molecule has 0 atom stereocenters. The van der Waals surface area contributed by atoms with Crippen LogP contribution in [0, 0.1) is 0 Å². The maximum absolute atomic E-state index is 11.8. The summed E-state index contributed by atoms with van der Waals surface area (Å²) in [5.41, 5.74) is 5.85. The van der Waals surface area contributed by atoms with Gasteiger partial charge in [0, 0.05) is 12.1 Å². The predicted molar refractivity (Wildman–Crippen MR) is 64.0 cm³/mol. The van der Waals surface area contributed by atoms with Crippen LogP contribution in [0.2, 0.25) is 0 Å². The molecule has 1 aromatic rings. The Kier molecular flexibility index (Phi) is 3.16. The van der Waals surface area contributed by atoms with Crippen LogP contribution in [-0.2, 0) is 0 Å². The van der Waals surface area contributed by atoms with E-state index in [1.165, 1.54) is 11.3 Å². The summed E-state index contributed by atoms with van der Waals surface area (Å²) in [6, 6.07) is 1.79. The van der Waals surface area contributed by atoms with Crippen molar-refractivity contribution in [2.75, 3.05) is 13.7 Å². The Morgan fingerprint density at radius 2 is 2.44 bits per heavy atom. The van der Waals surface area contributed by atoms with Crippen LogP contribution >= 0.6 is 11.3 Å². The summed E-state index contributed by atoms with van der Waals surface area (Å²) in [7, 11) is 1.56. The number of nitrogens with two attached hydrogens (primary N) is 1. The summed E-state index contributed by atoms with van der Waals surface area (Å²) >= 11 is 1.38. The molecular weight excluding hydrogens is 224 g/mol. The predicted octanol–water partition coefficient (Wildman–Crippen LogP) is 1.37. The van der Waals surface area contributed by atoms with E-state index in [1.807, 2.05) is 5.38 Å². The monoisotopic (exact) mass is 240 g/mol. The van der Waals surface area contributed by atoms with Crippen LogP contribution in [0.25, 0.3) is 0 Å². The fourth-order valence-electron chi connectivity index (χ4n) is 1.77. The molecule has 0 bridgehead atoms. The number of hydrogen-bond acceptors (Lipinski definition) is 4. The quantitative estimate of drug-likeness (QED) is 0.835. The molecule has 16 heavy (non-hydrogen) atoms. The summed E-state index contributed by atoms with van der Waals surface area (Å²) in [5, 5.41) is 4.71. The van der Waals surface area contributed by atoms with E-state index in [9.17, 15) is 4.79 Å². The van der Waals surface area contributed by atoms with Crippen molar-refractivity contribution in [3.05, 3.63) is 16.3 Å². The standard InChI is InChI=1S/C11H16N2O2S/c1-15-8-3-6-16-9(8)10(14)13-7-11(12)4-2-5-11/h3,6H,2,4-5,7,12H2,1H3,(H,13,14). The van der Waals surface area contributed by atoms with Crippen LogP contribution in [0.4, 0.5) is 0 Å². The zero-order valence-corrected chi connectivity index (χ0v) is 10.1. The number of thiophene rings is 1. The van der Waals surface area contributed by atoms with E-state index in [2.05, 4.69) is 5.32 Å². The highest BCUT2D eigenvalue weighted by Crippen LogP contribution is 2.29. The molecule has 0 aliphatic heterocycles. The number of carbonyl (C=O) groups excluding carboxylic acids is 1. The number of methoxy groups -OCH3 is 1. The smallest absolute Gasteiger partial charge is 0.265 e. The van der Waals surface area contributed by atoms with Crippen molar-refractivity contribution in [2.45, 2.75) is 24.8 Å². The van der Waals surface area contributed by atoms with Gasteiger partial charge in [-0.05, 0) is 30.7 Å². The van der Waals surface area contributed by atoms with Gasteiger partial charge in [-0.1, -0.05) is 0 Å². The van der Waals surface area contributed by atoms with Gasteiger partial charge < -0.3 is 15.8 Å². The van der Waals surface area contributed by atoms with Gasteiger partial charge >= 0.3 is 0 Å². The van der Waals surface area contributed by atoms with Gasteiger partial charge in [0.1, 0.15) is 10.6 Å². The minimum Gasteiger partial charge on any atom is -0.495 e. The first-order valence-electron chi connectivity index (χ1n) is 5.33. The SMILES string of the molecule is COc1ccsc1C(=O)NCC1(N)CCC1. The third-order valence-corrected chi connectivity index (χ3v) is 3.90. The molecule has 4 nitrogen and oxygen atoms in total. The third kappa shape index (κ3) is 2.20. The minimum atomic E-state index is -0.180. The number of rotatable bonds is 4. The van der Waals surface area contributed by atoms with Gasteiger partial charge in [0.05, 0.1) is 7.11 Å². The van der Waals surface area contributed by atoms with Crippen molar-refractivity contribution in [2.24, 2.45) is 5.73 Å². The number of carbonyl (C=O) groups is 1. The topological polar surface area (TPSA) is 64.3 Å². The lowest BCUT2D eigenvalue weighted by Crippen LogP contribution is -2.54. The second kappa shape index (κ2) is 4.43. The maximum Gasteiger partial charge on any atom is 0.265 e. The summed E-state index contributed by atoms with van der Waals surface area (Å²) in [5.74, 6) is 0.533. The van der Waals surface area contributed by atoms with Crippen molar-refractivity contribution < 1.29 is 9.53 Å². The fourth-order valence-corrected chi connectivity index (χ4v) is 2.54. The number of amides is 1. The zero-order valence-electron chi connectivity index (χ0n) is 9.29. The van der Waals surface area contributed by atoms with Gasteiger partial charge in [0.25, 0.3) is 5.91 Å². The van der Waals surface area contributed by atoms with E-state index >= 15 is 0 Å². The highest BCUT2D eigenvalue weighted by molar-refractivity contribution is 7.12. The number of hydrogen-bond donors (Lipinski definition) is 2. The van der Waals surface area contributed by atoms with Crippen LogP contribution in [0.5, 0.6) is 5.75 Å². The second-order valence-corrected chi connectivity index (χ2v) is 5.13. The number of nitrogens with one attached hydrogen (secondary N) is 1. The molecule has 5 heteroatoms. The molecule has 3 N–H and O–H groups in total. The Balaban J connectivity index is 1.93. The van der Waals surface area contributed by atoms with Crippen LogP contribution in [0.1, 0.15) is 28.9 Å². The van der Waals surface area contributed by atoms with Crippen LogP contribution < -0.4 is 15.8 Å². The zero-order chi connectivity index (χ0) is 11.6. The van der Waals surface area contributed by atoms with Crippen molar-refractivity contribution in [3.63, 3.8) is 0 Å². The molecule has 1 amide bonds. The molecule has 2 rings (SSSR count). The van der Waals surface area contributed by atoms with Crippen molar-refractivity contribution >= 4 is 17.2 Å². The summed E-state index contributed by atoms with van der Waals surface area (Å²) in [4.78, 5) is 12.5. The van der Waals surface area contributed by atoms with Gasteiger partial charge in [0.15, 0.2) is 0 Å². The lowest BCUT2D eigenvalue weighted by atomic mass is 9.78. The van der Waals surface area contributed by atoms with Gasteiger partial charge in [-0.3, -0.25) is 4.79 Å². The fraction of sp³-hybridized carbons (Fsp3) is 0.545. The first-order valence-corrected chi connectivity index (χ1v) is 6.21. The highest BCUT2D eigenvalue weighted by atomic mass is 32.1. The van der Waals surface area contributed by atoms with Crippen LogP contribution in [0.3, 0.4) is 0 Å². The Bertz CT molecular complexity index is 385. The van der Waals surface area contributed by atoms with E-state index in [1.54, 1.807) is 13.2 Å². The summed E-state index contributed by atoms with van der Waals surface area (Å²) < 4.78 is 5.10. The molecule has 0 spiro atoms. The molecule has 1 heterocycles. The number of ether oxygens (including phenoxy) is 1. The first kappa shape index (κ1) is 11.4. The maximum atomic E-state index is 11.8. The van der Waals surface area contributed by atoms with Gasteiger partial charge in [-0.25, -0.2) is 0 Å². The Morgan fingerprint density at radius 3 is 3.00 bits per heavy atom. The lowest BCUT2D eigenvalue weighted by molar-refractivity contribution is 0.0931. The first-order chi connectivity index (χ1) is 7.64. The minimum absolute atomic E-state index is 0.0939. The molecule has 1 fully saturated rings. The highest BCUT2D eigenvalue weighted by Gasteiger charge is 2.32. The molecule has 0 saturated heterocycles. The van der Waals surface area contributed by atoms with Gasteiger partial charge in [-0.2, -0.15) is 0 Å². The molecule has 0 unspecified atom stereocenters. The Hall–Kier alpha value is -1.07.